The van der Waals surface area contributed by atoms with Gasteiger partial charge in [0.05, 0.1) is 0 Å². The first-order valence-corrected chi connectivity index (χ1v) is 4.18. The summed E-state index contributed by atoms with van der Waals surface area (Å²) in [5, 5.41) is 0. The topological polar surface area (TPSA) is 84.2 Å². The maximum absolute atomic E-state index is 10.2. The highest BCUT2D eigenvalue weighted by Crippen LogP contribution is 1.91. The van der Waals surface area contributed by atoms with Crippen LogP contribution in [0.5, 0.6) is 0 Å². The Hall–Kier alpha value is -1.08. The van der Waals surface area contributed by atoms with Crippen LogP contribution in [0.2, 0.25) is 0 Å². The molecule has 62 valence electrons. The summed E-state index contributed by atoms with van der Waals surface area (Å²) in [4.78, 5) is 5.54. The van der Waals surface area contributed by atoms with E-state index in [-0.39, 0.29) is 0 Å². The summed E-state index contributed by atoms with van der Waals surface area (Å²) in [6, 6.07) is 0. The first kappa shape index (κ1) is 8.02. The molecule has 0 aliphatic carbocycles. The Balaban J connectivity index is 2.89. The number of nitrogens with one attached hydrogen (secondary N) is 1. The smallest absolute Gasteiger partial charge is 0.268 e. The number of rotatable bonds is 2. The lowest BCUT2D eigenvalue weighted by atomic mass is 10.7. The third-order valence-corrected chi connectivity index (χ3v) is 1.47. The predicted octanol–water partition coefficient (Wildman–Crippen LogP) is -0.462. The standard InChI is InChI=1S/C4H7N3O3S/c1-4-5-2-3-7(4)6-11(8,9)10/h2-3,6H,1H3,(H,8,9,10). The fraction of sp³-hybridized carbons (Fsp3) is 0.250. The molecule has 0 atom stereocenters. The molecule has 0 bridgehead atoms. The lowest BCUT2D eigenvalue weighted by Gasteiger charge is -2.03. The zero-order chi connectivity index (χ0) is 8.48. The molecule has 1 aromatic heterocycles. The van der Waals surface area contributed by atoms with Gasteiger partial charge in [0.2, 0.25) is 0 Å². The van der Waals surface area contributed by atoms with Crippen molar-refractivity contribution in [3.8, 4) is 0 Å². The van der Waals surface area contributed by atoms with Crippen LogP contribution in [0.25, 0.3) is 0 Å². The summed E-state index contributed by atoms with van der Waals surface area (Å²) < 4.78 is 29.9. The SMILES string of the molecule is Cc1nccn1NS(=O)(=O)O. The van der Waals surface area contributed by atoms with Crippen LogP contribution in [0.1, 0.15) is 5.82 Å². The van der Waals surface area contributed by atoms with Crippen molar-refractivity contribution in [2.24, 2.45) is 0 Å². The van der Waals surface area contributed by atoms with Gasteiger partial charge in [0, 0.05) is 12.4 Å². The molecule has 1 heterocycles. The van der Waals surface area contributed by atoms with Gasteiger partial charge in [-0.3, -0.25) is 4.55 Å². The van der Waals surface area contributed by atoms with E-state index < -0.39 is 10.3 Å². The normalized spacial score (nSPS) is 11.5. The number of nitrogens with zero attached hydrogens (tertiary/aromatic N) is 2. The van der Waals surface area contributed by atoms with Crippen molar-refractivity contribution in [3.63, 3.8) is 0 Å². The molecular formula is C4H7N3O3S. The van der Waals surface area contributed by atoms with Crippen molar-refractivity contribution in [2.45, 2.75) is 6.92 Å². The summed E-state index contributed by atoms with van der Waals surface area (Å²) in [6.07, 6.45) is 2.79. The summed E-state index contributed by atoms with van der Waals surface area (Å²) in [5.74, 6) is 0.447. The molecule has 1 aromatic rings. The minimum atomic E-state index is -4.20. The van der Waals surface area contributed by atoms with Gasteiger partial charge in [0.15, 0.2) is 0 Å². The maximum Gasteiger partial charge on any atom is 0.371 e. The van der Waals surface area contributed by atoms with Gasteiger partial charge in [0.25, 0.3) is 0 Å². The van der Waals surface area contributed by atoms with Crippen LogP contribution in [0, 0.1) is 6.92 Å². The molecule has 1 rings (SSSR count). The van der Waals surface area contributed by atoms with Crippen molar-refractivity contribution < 1.29 is 13.0 Å². The number of aryl methyl sites for hydroxylation is 1. The number of imidazole rings is 1. The number of aromatic nitrogens is 2. The van der Waals surface area contributed by atoms with Crippen molar-refractivity contribution in [1.29, 1.82) is 0 Å². The van der Waals surface area contributed by atoms with Gasteiger partial charge >= 0.3 is 10.3 Å². The van der Waals surface area contributed by atoms with E-state index in [0.29, 0.717) is 5.82 Å². The van der Waals surface area contributed by atoms with Gasteiger partial charge in [-0.2, -0.15) is 13.2 Å². The molecule has 0 spiro atoms. The van der Waals surface area contributed by atoms with Gasteiger partial charge in [-0.25, -0.2) is 9.66 Å². The lowest BCUT2D eigenvalue weighted by molar-refractivity contribution is 0.483. The molecule has 0 unspecified atom stereocenters. The molecule has 6 nitrogen and oxygen atoms in total. The molecule has 0 aliphatic heterocycles. The number of hydrogen-bond donors (Lipinski definition) is 2. The van der Waals surface area contributed by atoms with E-state index in [9.17, 15) is 8.42 Å². The fourth-order valence-electron chi connectivity index (χ4n) is 0.599. The first-order chi connectivity index (χ1) is 4.99. The third kappa shape index (κ3) is 2.20. The fourth-order valence-corrected chi connectivity index (χ4v) is 1.04. The number of hydrogen-bond acceptors (Lipinski definition) is 3. The average molecular weight is 177 g/mol. The second-order valence-electron chi connectivity index (χ2n) is 1.91. The van der Waals surface area contributed by atoms with E-state index in [1.54, 1.807) is 6.92 Å². The Bertz CT molecular complexity index is 341. The first-order valence-electron chi connectivity index (χ1n) is 2.74. The van der Waals surface area contributed by atoms with E-state index in [4.69, 9.17) is 4.55 Å². The Kier molecular flexibility index (Phi) is 1.83. The van der Waals surface area contributed by atoms with Crippen LogP contribution in [-0.2, 0) is 10.3 Å². The highest BCUT2D eigenvalue weighted by Gasteiger charge is 2.03. The highest BCUT2D eigenvalue weighted by molar-refractivity contribution is 7.86. The van der Waals surface area contributed by atoms with Gasteiger partial charge < -0.3 is 0 Å². The van der Waals surface area contributed by atoms with Crippen LogP contribution in [0.15, 0.2) is 12.4 Å². The van der Waals surface area contributed by atoms with E-state index in [1.165, 1.54) is 12.4 Å². The van der Waals surface area contributed by atoms with Crippen molar-refractivity contribution in [2.75, 3.05) is 4.83 Å². The summed E-state index contributed by atoms with van der Waals surface area (Å²) in [7, 11) is -4.20. The lowest BCUT2D eigenvalue weighted by Crippen LogP contribution is -2.22. The van der Waals surface area contributed by atoms with Crippen molar-refractivity contribution in [1.82, 2.24) is 9.66 Å². The molecule has 0 radical (unpaired) electrons. The van der Waals surface area contributed by atoms with Crippen LogP contribution >= 0.6 is 0 Å². The minimum absolute atomic E-state index is 0.447. The van der Waals surface area contributed by atoms with Gasteiger partial charge in [-0.1, -0.05) is 0 Å². The van der Waals surface area contributed by atoms with Gasteiger partial charge in [0.1, 0.15) is 5.82 Å². The van der Waals surface area contributed by atoms with E-state index in [2.05, 4.69) is 4.98 Å². The molecule has 0 saturated carbocycles. The minimum Gasteiger partial charge on any atom is -0.268 e. The Morgan fingerprint density at radius 3 is 2.73 bits per heavy atom. The predicted molar refractivity (Wildman–Crippen MR) is 37.9 cm³/mol. The van der Waals surface area contributed by atoms with E-state index in [1.807, 2.05) is 4.83 Å². The Morgan fingerprint density at radius 2 is 2.36 bits per heavy atom. The average Bonchev–Trinajstić information content (AvgIpc) is 2.12. The monoisotopic (exact) mass is 177 g/mol. The van der Waals surface area contributed by atoms with E-state index in [0.717, 1.165) is 4.68 Å². The Labute approximate surface area is 63.7 Å². The zero-order valence-corrected chi connectivity index (χ0v) is 6.54. The molecule has 0 amide bonds. The third-order valence-electron chi connectivity index (χ3n) is 1.04. The van der Waals surface area contributed by atoms with Gasteiger partial charge in [-0.15, -0.1) is 0 Å². The maximum atomic E-state index is 10.2. The molecule has 7 heteroatoms. The van der Waals surface area contributed by atoms with E-state index >= 15 is 0 Å². The zero-order valence-electron chi connectivity index (χ0n) is 5.72. The van der Waals surface area contributed by atoms with Crippen LogP contribution < -0.4 is 4.83 Å². The second-order valence-corrected chi connectivity index (χ2v) is 3.04. The molecular weight excluding hydrogens is 170 g/mol. The summed E-state index contributed by atoms with van der Waals surface area (Å²) >= 11 is 0. The quantitative estimate of drug-likeness (QED) is 0.598. The molecule has 0 saturated heterocycles. The molecule has 0 fully saturated rings. The largest absolute Gasteiger partial charge is 0.371 e. The van der Waals surface area contributed by atoms with Gasteiger partial charge in [-0.05, 0) is 6.92 Å². The van der Waals surface area contributed by atoms with Crippen LogP contribution in [-0.4, -0.2) is 22.6 Å². The van der Waals surface area contributed by atoms with Crippen molar-refractivity contribution >= 4 is 10.3 Å². The summed E-state index contributed by atoms with van der Waals surface area (Å²) in [5.41, 5.74) is 0. The highest BCUT2D eigenvalue weighted by atomic mass is 32.2. The Morgan fingerprint density at radius 1 is 1.73 bits per heavy atom. The molecule has 0 aromatic carbocycles. The second kappa shape index (κ2) is 2.51. The van der Waals surface area contributed by atoms with Crippen LogP contribution in [0.4, 0.5) is 0 Å². The molecule has 2 N–H and O–H groups in total. The van der Waals surface area contributed by atoms with Crippen LogP contribution in [0.3, 0.4) is 0 Å². The summed E-state index contributed by atoms with van der Waals surface area (Å²) in [6.45, 7) is 1.60. The molecule has 11 heavy (non-hydrogen) atoms. The van der Waals surface area contributed by atoms with Crippen molar-refractivity contribution in [3.05, 3.63) is 18.2 Å². The molecule has 0 aliphatic rings.